The Kier molecular flexibility index (Phi) is 2.73. The van der Waals surface area contributed by atoms with E-state index in [1.807, 2.05) is 13.1 Å². The van der Waals surface area contributed by atoms with Crippen molar-refractivity contribution in [2.75, 3.05) is 12.4 Å². The summed E-state index contributed by atoms with van der Waals surface area (Å²) in [5.74, 6) is 0. The van der Waals surface area contributed by atoms with Crippen molar-refractivity contribution in [3.8, 4) is 0 Å². The van der Waals surface area contributed by atoms with Gasteiger partial charge in [0.05, 0.1) is 0 Å². The van der Waals surface area contributed by atoms with Crippen molar-refractivity contribution in [1.82, 2.24) is 0 Å². The van der Waals surface area contributed by atoms with E-state index < -0.39 is 0 Å². The predicted octanol–water partition coefficient (Wildman–Crippen LogP) is 2.83. The molecule has 0 unspecified atom stereocenters. The summed E-state index contributed by atoms with van der Waals surface area (Å²) in [4.78, 5) is 0. The first-order valence-corrected chi connectivity index (χ1v) is 3.92. The highest BCUT2D eigenvalue weighted by Crippen LogP contribution is 2.17. The van der Waals surface area contributed by atoms with Crippen LogP contribution in [0.2, 0.25) is 0 Å². The SMILES string of the molecule is C=C=Cc1cc(C)ccc1NC. The third-order valence-corrected chi connectivity index (χ3v) is 1.73. The highest BCUT2D eigenvalue weighted by atomic mass is 14.8. The molecule has 0 saturated carbocycles. The largest absolute Gasteiger partial charge is 0.388 e. The second kappa shape index (κ2) is 3.80. The van der Waals surface area contributed by atoms with Gasteiger partial charge < -0.3 is 5.32 Å². The minimum atomic E-state index is 1.11. The average molecular weight is 159 g/mol. The molecule has 0 bridgehead atoms. The first-order chi connectivity index (χ1) is 5.77. The van der Waals surface area contributed by atoms with Gasteiger partial charge in [-0.15, -0.1) is 5.73 Å². The fraction of sp³-hybridized carbons (Fsp3) is 0.182. The zero-order chi connectivity index (χ0) is 8.97. The fourth-order valence-electron chi connectivity index (χ4n) is 1.14. The quantitative estimate of drug-likeness (QED) is 0.654. The molecule has 12 heavy (non-hydrogen) atoms. The van der Waals surface area contributed by atoms with Gasteiger partial charge in [0.1, 0.15) is 0 Å². The molecule has 0 heterocycles. The molecule has 0 aliphatic carbocycles. The van der Waals surface area contributed by atoms with Crippen LogP contribution in [-0.2, 0) is 0 Å². The van der Waals surface area contributed by atoms with E-state index in [0.717, 1.165) is 11.3 Å². The molecule has 0 spiro atoms. The van der Waals surface area contributed by atoms with Gasteiger partial charge in [-0.1, -0.05) is 18.2 Å². The maximum atomic E-state index is 3.55. The van der Waals surface area contributed by atoms with Crippen molar-refractivity contribution >= 4 is 11.8 Å². The van der Waals surface area contributed by atoms with Gasteiger partial charge in [0.15, 0.2) is 0 Å². The number of aryl methyl sites for hydroxylation is 1. The van der Waals surface area contributed by atoms with Gasteiger partial charge in [0.25, 0.3) is 0 Å². The summed E-state index contributed by atoms with van der Waals surface area (Å²) >= 11 is 0. The molecular weight excluding hydrogens is 146 g/mol. The van der Waals surface area contributed by atoms with Gasteiger partial charge >= 0.3 is 0 Å². The molecule has 0 aromatic heterocycles. The molecular formula is C11H13N. The summed E-state index contributed by atoms with van der Waals surface area (Å²) in [5.41, 5.74) is 6.26. The van der Waals surface area contributed by atoms with Crippen LogP contribution in [-0.4, -0.2) is 7.05 Å². The van der Waals surface area contributed by atoms with E-state index in [9.17, 15) is 0 Å². The van der Waals surface area contributed by atoms with Crippen molar-refractivity contribution in [2.24, 2.45) is 0 Å². The molecule has 0 amide bonds. The molecule has 1 nitrogen and oxygen atoms in total. The number of rotatable bonds is 2. The van der Waals surface area contributed by atoms with Crippen molar-refractivity contribution < 1.29 is 0 Å². The Morgan fingerprint density at radius 1 is 1.50 bits per heavy atom. The van der Waals surface area contributed by atoms with E-state index in [2.05, 4.69) is 42.7 Å². The molecule has 62 valence electrons. The third kappa shape index (κ3) is 1.77. The molecule has 1 rings (SSSR count). The van der Waals surface area contributed by atoms with Crippen LogP contribution in [0.25, 0.3) is 6.08 Å². The Morgan fingerprint density at radius 2 is 2.25 bits per heavy atom. The predicted molar refractivity (Wildman–Crippen MR) is 54.3 cm³/mol. The van der Waals surface area contributed by atoms with Gasteiger partial charge in [0.2, 0.25) is 0 Å². The smallest absolute Gasteiger partial charge is 0.0417 e. The van der Waals surface area contributed by atoms with Crippen LogP contribution in [0.5, 0.6) is 0 Å². The topological polar surface area (TPSA) is 12.0 Å². The lowest BCUT2D eigenvalue weighted by Crippen LogP contribution is -1.91. The molecule has 1 heteroatoms. The van der Waals surface area contributed by atoms with Crippen LogP contribution in [0.3, 0.4) is 0 Å². The molecule has 1 aromatic carbocycles. The minimum Gasteiger partial charge on any atom is -0.388 e. The molecule has 0 radical (unpaired) electrons. The lowest BCUT2D eigenvalue weighted by molar-refractivity contribution is 1.42. The van der Waals surface area contributed by atoms with Gasteiger partial charge in [-0.2, -0.15) is 0 Å². The summed E-state index contributed by atoms with van der Waals surface area (Å²) in [5, 5.41) is 3.11. The lowest BCUT2D eigenvalue weighted by Gasteiger charge is -2.04. The van der Waals surface area contributed by atoms with E-state index in [1.54, 1.807) is 0 Å². The van der Waals surface area contributed by atoms with Crippen molar-refractivity contribution in [3.63, 3.8) is 0 Å². The minimum absolute atomic E-state index is 1.11. The van der Waals surface area contributed by atoms with Gasteiger partial charge in [-0.3, -0.25) is 0 Å². The molecule has 0 aliphatic rings. The van der Waals surface area contributed by atoms with E-state index in [1.165, 1.54) is 5.56 Å². The van der Waals surface area contributed by atoms with E-state index in [-0.39, 0.29) is 0 Å². The second-order valence-corrected chi connectivity index (χ2v) is 2.69. The number of hydrogen-bond acceptors (Lipinski definition) is 1. The van der Waals surface area contributed by atoms with E-state index in [4.69, 9.17) is 0 Å². The highest BCUT2D eigenvalue weighted by molar-refractivity contribution is 5.66. The fourth-order valence-corrected chi connectivity index (χ4v) is 1.14. The van der Waals surface area contributed by atoms with Crippen LogP contribution in [0, 0.1) is 6.92 Å². The Balaban J connectivity index is 3.20. The first-order valence-electron chi connectivity index (χ1n) is 3.92. The molecule has 1 N–H and O–H groups in total. The maximum absolute atomic E-state index is 3.55. The van der Waals surface area contributed by atoms with Crippen LogP contribution in [0.1, 0.15) is 11.1 Å². The summed E-state index contributed by atoms with van der Waals surface area (Å²) < 4.78 is 0. The number of anilines is 1. The highest BCUT2D eigenvalue weighted by Gasteiger charge is 1.95. The Morgan fingerprint density at radius 3 is 2.83 bits per heavy atom. The van der Waals surface area contributed by atoms with Crippen LogP contribution in [0.15, 0.2) is 30.5 Å². The Bertz CT molecular complexity index is 320. The first kappa shape index (κ1) is 8.63. The normalized spacial score (nSPS) is 8.83. The van der Waals surface area contributed by atoms with E-state index in [0.29, 0.717) is 0 Å². The zero-order valence-corrected chi connectivity index (χ0v) is 7.52. The number of hydrogen-bond donors (Lipinski definition) is 1. The summed E-state index contributed by atoms with van der Waals surface area (Å²) in [6.07, 6.45) is 1.87. The average Bonchev–Trinajstić information content (AvgIpc) is 2.05. The van der Waals surface area contributed by atoms with Crippen molar-refractivity contribution in [3.05, 3.63) is 41.6 Å². The van der Waals surface area contributed by atoms with Gasteiger partial charge in [-0.05, 0) is 25.1 Å². The van der Waals surface area contributed by atoms with Gasteiger partial charge in [0, 0.05) is 18.3 Å². The molecule has 0 atom stereocenters. The summed E-state index contributed by atoms with van der Waals surface area (Å²) in [7, 11) is 1.91. The van der Waals surface area contributed by atoms with Crippen LogP contribution in [0.4, 0.5) is 5.69 Å². The Hall–Kier alpha value is -1.46. The van der Waals surface area contributed by atoms with Crippen LogP contribution >= 0.6 is 0 Å². The van der Waals surface area contributed by atoms with Crippen molar-refractivity contribution in [2.45, 2.75) is 6.92 Å². The zero-order valence-electron chi connectivity index (χ0n) is 7.52. The molecule has 0 aliphatic heterocycles. The monoisotopic (exact) mass is 159 g/mol. The number of benzene rings is 1. The number of nitrogens with one attached hydrogen (secondary N) is 1. The summed E-state index contributed by atoms with van der Waals surface area (Å²) in [6, 6.07) is 6.23. The van der Waals surface area contributed by atoms with Crippen molar-refractivity contribution in [1.29, 1.82) is 0 Å². The molecule has 0 fully saturated rings. The standard InChI is InChI=1S/C11H13N/c1-4-5-10-8-9(2)6-7-11(10)12-3/h5-8,12H,1H2,2-3H3. The Labute approximate surface area is 73.4 Å². The molecule has 0 saturated heterocycles. The molecule has 1 aromatic rings. The maximum Gasteiger partial charge on any atom is 0.0417 e. The lowest BCUT2D eigenvalue weighted by atomic mass is 10.1. The summed E-state index contributed by atoms with van der Waals surface area (Å²) in [6.45, 7) is 5.62. The second-order valence-electron chi connectivity index (χ2n) is 2.69. The van der Waals surface area contributed by atoms with E-state index >= 15 is 0 Å². The van der Waals surface area contributed by atoms with Crippen LogP contribution < -0.4 is 5.32 Å². The van der Waals surface area contributed by atoms with Gasteiger partial charge in [-0.25, -0.2) is 0 Å². The third-order valence-electron chi connectivity index (χ3n) is 1.73.